The lowest BCUT2D eigenvalue weighted by Gasteiger charge is -2.30. The molecule has 0 radical (unpaired) electrons. The molecule has 0 atom stereocenters. The Hall–Kier alpha value is -2.68. The first-order valence-electron chi connectivity index (χ1n) is 9.18. The van der Waals surface area contributed by atoms with Gasteiger partial charge in [0.15, 0.2) is 0 Å². The molecule has 0 saturated heterocycles. The van der Waals surface area contributed by atoms with Gasteiger partial charge in [-0.25, -0.2) is 18.4 Å². The van der Waals surface area contributed by atoms with Crippen LogP contribution in [0, 0.1) is 20.8 Å². The van der Waals surface area contributed by atoms with Crippen molar-refractivity contribution in [2.75, 3.05) is 6.73 Å². The molecule has 1 aliphatic heterocycles. The van der Waals surface area contributed by atoms with Gasteiger partial charge in [0.1, 0.15) is 18.1 Å². The Morgan fingerprint density at radius 3 is 2.41 bits per heavy atom. The normalized spacial score (nSPS) is 14.6. The smallest absolute Gasteiger partial charge is 0.339 e. The van der Waals surface area contributed by atoms with Crippen LogP contribution in [-0.4, -0.2) is 20.0 Å². The zero-order valence-corrected chi connectivity index (χ0v) is 17.3. The van der Waals surface area contributed by atoms with Crippen molar-refractivity contribution in [2.45, 2.75) is 38.8 Å². The van der Waals surface area contributed by atoms with Gasteiger partial charge in [-0.1, -0.05) is 12.1 Å². The van der Waals surface area contributed by atoms with Crippen molar-refractivity contribution in [2.24, 2.45) is 5.14 Å². The largest absolute Gasteiger partial charge is 0.477 e. The van der Waals surface area contributed by atoms with Crippen LogP contribution in [0.1, 0.15) is 27.8 Å². The van der Waals surface area contributed by atoms with Crippen LogP contribution in [0.15, 0.2) is 44.4 Å². The molecule has 1 aromatic heterocycles. The maximum atomic E-state index is 12.1. The first kappa shape index (κ1) is 19.6. The van der Waals surface area contributed by atoms with Gasteiger partial charge in [-0.2, -0.15) is 0 Å². The van der Waals surface area contributed by atoms with Crippen molar-refractivity contribution >= 4 is 21.0 Å². The van der Waals surface area contributed by atoms with Crippen molar-refractivity contribution in [1.82, 2.24) is 4.90 Å². The highest BCUT2D eigenvalue weighted by Crippen LogP contribution is 2.36. The van der Waals surface area contributed by atoms with Crippen molar-refractivity contribution in [3.63, 3.8) is 0 Å². The Bertz CT molecular complexity index is 1280. The molecular weight excluding hydrogens is 392 g/mol. The lowest BCUT2D eigenvalue weighted by atomic mass is 9.99. The summed E-state index contributed by atoms with van der Waals surface area (Å²) in [6, 6.07) is 8.55. The second-order valence-corrected chi connectivity index (χ2v) is 9.02. The summed E-state index contributed by atoms with van der Waals surface area (Å²) in [5, 5.41) is 6.07. The van der Waals surface area contributed by atoms with Crippen LogP contribution in [0.2, 0.25) is 0 Å². The van der Waals surface area contributed by atoms with Gasteiger partial charge in [0.2, 0.25) is 10.0 Å². The molecule has 7 nitrogen and oxygen atoms in total. The molecule has 4 rings (SSSR count). The van der Waals surface area contributed by atoms with E-state index in [-0.39, 0.29) is 10.5 Å². The van der Waals surface area contributed by atoms with Gasteiger partial charge in [-0.15, -0.1) is 0 Å². The Morgan fingerprint density at radius 2 is 1.76 bits per heavy atom. The molecule has 0 bridgehead atoms. The number of primary sulfonamides is 1. The fourth-order valence-corrected chi connectivity index (χ4v) is 4.21. The Kier molecular flexibility index (Phi) is 4.72. The van der Waals surface area contributed by atoms with E-state index < -0.39 is 10.0 Å². The van der Waals surface area contributed by atoms with Crippen LogP contribution < -0.4 is 15.5 Å². The van der Waals surface area contributed by atoms with E-state index in [9.17, 15) is 13.2 Å². The quantitative estimate of drug-likeness (QED) is 0.661. The fourth-order valence-electron chi connectivity index (χ4n) is 3.69. The number of hydrogen-bond acceptors (Lipinski definition) is 6. The lowest BCUT2D eigenvalue weighted by Crippen LogP contribution is -2.32. The topological polar surface area (TPSA) is 103 Å². The number of aryl methyl sites for hydroxylation is 2. The van der Waals surface area contributed by atoms with E-state index in [2.05, 4.69) is 4.90 Å². The highest BCUT2D eigenvalue weighted by molar-refractivity contribution is 7.89. The molecule has 0 fully saturated rings. The third-order valence-corrected chi connectivity index (χ3v) is 6.38. The predicted molar refractivity (Wildman–Crippen MR) is 109 cm³/mol. The average Bonchev–Trinajstić information content (AvgIpc) is 2.67. The molecule has 152 valence electrons. The molecule has 1 aliphatic rings. The molecule has 0 unspecified atom stereocenters. The van der Waals surface area contributed by atoms with Crippen LogP contribution >= 0.6 is 0 Å². The molecule has 2 aromatic carbocycles. The summed E-state index contributed by atoms with van der Waals surface area (Å²) in [5.74, 6) is 0.754. The van der Waals surface area contributed by atoms with E-state index in [1.54, 1.807) is 19.1 Å². The summed E-state index contributed by atoms with van der Waals surface area (Å²) < 4.78 is 34.3. The van der Waals surface area contributed by atoms with Gasteiger partial charge in [-0.05, 0) is 50.1 Å². The van der Waals surface area contributed by atoms with E-state index >= 15 is 0 Å². The molecule has 2 N–H and O–H groups in total. The fraction of sp³-hybridized carbons (Fsp3) is 0.286. The molecule has 0 spiro atoms. The van der Waals surface area contributed by atoms with Gasteiger partial charge >= 0.3 is 5.63 Å². The predicted octanol–water partition coefficient (Wildman–Crippen LogP) is 2.72. The number of benzene rings is 2. The van der Waals surface area contributed by atoms with E-state index in [0.29, 0.717) is 31.0 Å². The molecule has 3 aromatic rings. The summed E-state index contributed by atoms with van der Waals surface area (Å²) in [4.78, 5) is 14.3. The molecule has 29 heavy (non-hydrogen) atoms. The Morgan fingerprint density at radius 1 is 1.07 bits per heavy atom. The number of nitrogens with zero attached hydrogens (tertiary/aromatic N) is 1. The zero-order chi connectivity index (χ0) is 20.9. The Labute approximate surface area is 168 Å². The minimum absolute atomic E-state index is 0.0934. The Balaban J connectivity index is 1.64. The van der Waals surface area contributed by atoms with Gasteiger partial charge in [0, 0.05) is 35.2 Å². The number of sulfonamides is 1. The minimum Gasteiger partial charge on any atom is -0.477 e. The van der Waals surface area contributed by atoms with Gasteiger partial charge < -0.3 is 9.15 Å². The van der Waals surface area contributed by atoms with Gasteiger partial charge in [-0.3, -0.25) is 4.90 Å². The average molecular weight is 414 g/mol. The van der Waals surface area contributed by atoms with Crippen LogP contribution in [0.25, 0.3) is 11.0 Å². The first-order valence-corrected chi connectivity index (χ1v) is 10.7. The molecule has 0 amide bonds. The highest BCUT2D eigenvalue weighted by Gasteiger charge is 2.23. The maximum Gasteiger partial charge on any atom is 0.339 e. The van der Waals surface area contributed by atoms with Crippen LogP contribution in [-0.2, 0) is 23.1 Å². The maximum absolute atomic E-state index is 12.1. The standard InChI is InChI=1S/C21H22N2O5S/c1-12-13(2)21(24)28-20-14(3)19-16(8-18(12)20)10-23(11-27-19)9-15-4-6-17(7-5-15)29(22,25)26/h4-8H,9-11H2,1-3H3,(H2,22,25,26). The summed E-state index contributed by atoms with van der Waals surface area (Å²) in [6.07, 6.45) is 0. The van der Waals surface area contributed by atoms with Gasteiger partial charge in [0.25, 0.3) is 0 Å². The van der Waals surface area contributed by atoms with Crippen molar-refractivity contribution in [3.8, 4) is 5.75 Å². The number of hydrogen-bond donors (Lipinski definition) is 1. The minimum atomic E-state index is -3.70. The van der Waals surface area contributed by atoms with Crippen LogP contribution in [0.5, 0.6) is 5.75 Å². The van der Waals surface area contributed by atoms with Crippen molar-refractivity contribution in [1.29, 1.82) is 0 Å². The zero-order valence-electron chi connectivity index (χ0n) is 16.5. The summed E-state index contributed by atoms with van der Waals surface area (Å²) in [6.45, 7) is 7.24. The first-order chi connectivity index (χ1) is 13.6. The van der Waals surface area contributed by atoms with E-state index in [4.69, 9.17) is 14.3 Å². The summed E-state index contributed by atoms with van der Waals surface area (Å²) in [5.41, 5.74) is 4.59. The van der Waals surface area contributed by atoms with E-state index in [0.717, 1.165) is 33.4 Å². The monoisotopic (exact) mass is 414 g/mol. The number of fused-ring (bicyclic) bond motifs is 2. The summed E-state index contributed by atoms with van der Waals surface area (Å²) >= 11 is 0. The summed E-state index contributed by atoms with van der Waals surface area (Å²) in [7, 11) is -3.70. The SMILES string of the molecule is Cc1c(C)c2cc3c(c(C)c2oc1=O)OCN(Cc1ccc(S(N)(=O)=O)cc1)C3. The number of ether oxygens (including phenoxy) is 1. The van der Waals surface area contributed by atoms with E-state index in [1.807, 2.05) is 19.9 Å². The van der Waals surface area contributed by atoms with Crippen LogP contribution in [0.4, 0.5) is 0 Å². The third-order valence-electron chi connectivity index (χ3n) is 5.45. The molecule has 0 aliphatic carbocycles. The highest BCUT2D eigenvalue weighted by atomic mass is 32.2. The lowest BCUT2D eigenvalue weighted by molar-refractivity contribution is 0.0881. The van der Waals surface area contributed by atoms with Gasteiger partial charge in [0.05, 0.1) is 4.90 Å². The third kappa shape index (κ3) is 3.55. The second kappa shape index (κ2) is 6.98. The van der Waals surface area contributed by atoms with E-state index in [1.165, 1.54) is 12.1 Å². The van der Waals surface area contributed by atoms with Crippen molar-refractivity contribution in [3.05, 3.63) is 68.6 Å². The number of rotatable bonds is 3. The second-order valence-electron chi connectivity index (χ2n) is 7.46. The molecule has 8 heteroatoms. The number of nitrogens with two attached hydrogens (primary N) is 1. The van der Waals surface area contributed by atoms with Crippen molar-refractivity contribution < 1.29 is 17.6 Å². The van der Waals surface area contributed by atoms with Crippen LogP contribution in [0.3, 0.4) is 0 Å². The molecule has 2 heterocycles. The molecular formula is C21H22N2O5S. The molecule has 0 saturated carbocycles.